The number of halogens is 1. The molecule has 0 saturated heterocycles. The molecule has 1 heterocycles. The Hall–Kier alpha value is -1.41. The van der Waals surface area contributed by atoms with Gasteiger partial charge in [-0.3, -0.25) is 9.78 Å². The van der Waals surface area contributed by atoms with Gasteiger partial charge in [-0.25, -0.2) is 0 Å². The molecular weight excluding hydrogens is 186 g/mol. The number of pyridine rings is 1. The second-order valence-electron chi connectivity index (χ2n) is 2.72. The third-order valence-corrected chi connectivity index (χ3v) is 2.01. The predicted molar refractivity (Wildman–Crippen MR) is 52.1 cm³/mol. The summed E-state index contributed by atoms with van der Waals surface area (Å²) < 4.78 is 0. The van der Waals surface area contributed by atoms with Crippen molar-refractivity contribution in [2.75, 3.05) is 0 Å². The molecule has 0 amide bonds. The van der Waals surface area contributed by atoms with E-state index >= 15 is 0 Å². The van der Waals surface area contributed by atoms with Crippen LogP contribution in [0.25, 0.3) is 10.9 Å². The van der Waals surface area contributed by atoms with E-state index in [2.05, 4.69) is 4.98 Å². The van der Waals surface area contributed by atoms with Crippen molar-refractivity contribution in [3.05, 3.63) is 41.0 Å². The van der Waals surface area contributed by atoms with E-state index in [1.165, 1.54) is 0 Å². The van der Waals surface area contributed by atoms with Gasteiger partial charge in [0.15, 0.2) is 0 Å². The SMILES string of the molecule is O=Cc1ccc2ncc(Cl)cc2c1. The molecule has 13 heavy (non-hydrogen) atoms. The van der Waals surface area contributed by atoms with Crippen molar-refractivity contribution in [2.45, 2.75) is 0 Å². The highest BCUT2D eigenvalue weighted by atomic mass is 35.5. The summed E-state index contributed by atoms with van der Waals surface area (Å²) in [4.78, 5) is 14.6. The average Bonchev–Trinajstić information content (AvgIpc) is 2.16. The van der Waals surface area contributed by atoms with Crippen LogP contribution in [-0.4, -0.2) is 11.3 Å². The molecular formula is C10H6ClNO. The molecule has 0 unspecified atom stereocenters. The summed E-state index contributed by atoms with van der Waals surface area (Å²) in [5, 5.41) is 1.47. The minimum Gasteiger partial charge on any atom is -0.298 e. The maximum Gasteiger partial charge on any atom is 0.150 e. The maximum absolute atomic E-state index is 10.5. The first-order chi connectivity index (χ1) is 6.29. The van der Waals surface area contributed by atoms with Crippen LogP contribution in [0.3, 0.4) is 0 Å². The van der Waals surface area contributed by atoms with E-state index < -0.39 is 0 Å². The fourth-order valence-electron chi connectivity index (χ4n) is 1.20. The highest BCUT2D eigenvalue weighted by Crippen LogP contribution is 2.17. The molecule has 0 radical (unpaired) electrons. The Bertz CT molecular complexity index is 467. The van der Waals surface area contributed by atoms with Gasteiger partial charge in [-0.1, -0.05) is 11.6 Å². The van der Waals surface area contributed by atoms with E-state index in [4.69, 9.17) is 11.6 Å². The van der Waals surface area contributed by atoms with Crippen molar-refractivity contribution in [3.63, 3.8) is 0 Å². The summed E-state index contributed by atoms with van der Waals surface area (Å²) in [5.74, 6) is 0. The van der Waals surface area contributed by atoms with Gasteiger partial charge in [-0.2, -0.15) is 0 Å². The fourth-order valence-corrected chi connectivity index (χ4v) is 1.36. The fraction of sp³-hybridized carbons (Fsp3) is 0. The third-order valence-electron chi connectivity index (χ3n) is 1.81. The predicted octanol–water partition coefficient (Wildman–Crippen LogP) is 2.70. The molecule has 0 aliphatic carbocycles. The molecule has 0 bridgehead atoms. The Kier molecular flexibility index (Phi) is 1.99. The van der Waals surface area contributed by atoms with Crippen molar-refractivity contribution in [1.82, 2.24) is 4.98 Å². The molecule has 0 aliphatic rings. The quantitative estimate of drug-likeness (QED) is 0.649. The highest BCUT2D eigenvalue weighted by Gasteiger charge is 1.97. The molecule has 0 aliphatic heterocycles. The normalized spacial score (nSPS) is 10.2. The first-order valence-corrected chi connectivity index (χ1v) is 4.18. The largest absolute Gasteiger partial charge is 0.298 e. The molecule has 1 aromatic carbocycles. The van der Waals surface area contributed by atoms with Crippen molar-refractivity contribution >= 4 is 28.8 Å². The van der Waals surface area contributed by atoms with E-state index in [-0.39, 0.29) is 0 Å². The molecule has 0 N–H and O–H groups in total. The molecule has 3 heteroatoms. The summed E-state index contributed by atoms with van der Waals surface area (Å²) in [5.41, 5.74) is 1.48. The number of nitrogens with zero attached hydrogens (tertiary/aromatic N) is 1. The van der Waals surface area contributed by atoms with Crippen LogP contribution in [0.5, 0.6) is 0 Å². The minimum atomic E-state index is 0.579. The Morgan fingerprint density at radius 1 is 1.31 bits per heavy atom. The summed E-state index contributed by atoms with van der Waals surface area (Å²) in [7, 11) is 0. The summed E-state index contributed by atoms with van der Waals surface area (Å²) >= 11 is 5.76. The maximum atomic E-state index is 10.5. The lowest BCUT2D eigenvalue weighted by atomic mass is 10.1. The van der Waals surface area contributed by atoms with Gasteiger partial charge in [0.05, 0.1) is 10.5 Å². The van der Waals surface area contributed by atoms with Crippen LogP contribution in [0.2, 0.25) is 5.02 Å². The first-order valence-electron chi connectivity index (χ1n) is 3.80. The average molecular weight is 192 g/mol. The van der Waals surface area contributed by atoms with E-state index in [9.17, 15) is 4.79 Å². The van der Waals surface area contributed by atoms with Crippen LogP contribution in [0.4, 0.5) is 0 Å². The Labute approximate surface area is 80.2 Å². The Morgan fingerprint density at radius 3 is 2.92 bits per heavy atom. The summed E-state index contributed by atoms with van der Waals surface area (Å²) in [6.07, 6.45) is 2.39. The Balaban J connectivity index is 2.74. The number of rotatable bonds is 1. The monoisotopic (exact) mass is 191 g/mol. The second kappa shape index (κ2) is 3.15. The number of hydrogen-bond acceptors (Lipinski definition) is 2. The highest BCUT2D eigenvalue weighted by molar-refractivity contribution is 6.31. The molecule has 1 aromatic heterocycles. The van der Waals surface area contributed by atoms with Crippen molar-refractivity contribution in [1.29, 1.82) is 0 Å². The smallest absolute Gasteiger partial charge is 0.150 e. The molecule has 2 aromatic rings. The van der Waals surface area contributed by atoms with Crippen molar-refractivity contribution < 1.29 is 4.79 Å². The van der Waals surface area contributed by atoms with Crippen LogP contribution in [-0.2, 0) is 0 Å². The van der Waals surface area contributed by atoms with Gasteiger partial charge in [-0.05, 0) is 24.3 Å². The zero-order chi connectivity index (χ0) is 9.26. The number of carbonyl (C=O) groups is 1. The van der Waals surface area contributed by atoms with Gasteiger partial charge in [-0.15, -0.1) is 0 Å². The second-order valence-corrected chi connectivity index (χ2v) is 3.16. The van der Waals surface area contributed by atoms with E-state index in [0.29, 0.717) is 10.6 Å². The lowest BCUT2D eigenvalue weighted by molar-refractivity contribution is 0.112. The van der Waals surface area contributed by atoms with E-state index in [1.54, 1.807) is 30.5 Å². The van der Waals surface area contributed by atoms with Crippen LogP contribution in [0, 0.1) is 0 Å². The molecule has 64 valence electrons. The van der Waals surface area contributed by atoms with Gasteiger partial charge in [0.1, 0.15) is 6.29 Å². The zero-order valence-corrected chi connectivity index (χ0v) is 7.45. The van der Waals surface area contributed by atoms with E-state index in [0.717, 1.165) is 17.2 Å². The molecule has 2 rings (SSSR count). The summed E-state index contributed by atoms with van der Waals surface area (Å²) in [6, 6.07) is 7.09. The minimum absolute atomic E-state index is 0.579. The van der Waals surface area contributed by atoms with Crippen LogP contribution < -0.4 is 0 Å². The zero-order valence-electron chi connectivity index (χ0n) is 6.70. The molecule has 0 saturated carbocycles. The third kappa shape index (κ3) is 1.53. The van der Waals surface area contributed by atoms with E-state index in [1.807, 2.05) is 0 Å². The first kappa shape index (κ1) is 8.20. The molecule has 0 spiro atoms. The molecule has 0 atom stereocenters. The number of aldehydes is 1. The lowest BCUT2D eigenvalue weighted by Gasteiger charge is -1.97. The van der Waals surface area contributed by atoms with Crippen LogP contribution >= 0.6 is 11.6 Å². The Morgan fingerprint density at radius 2 is 2.15 bits per heavy atom. The van der Waals surface area contributed by atoms with Gasteiger partial charge >= 0.3 is 0 Å². The number of aromatic nitrogens is 1. The standard InChI is InChI=1S/C10H6ClNO/c11-9-4-8-3-7(6-13)1-2-10(8)12-5-9/h1-6H. The van der Waals surface area contributed by atoms with Gasteiger partial charge in [0, 0.05) is 17.1 Å². The number of hydrogen-bond donors (Lipinski definition) is 0. The van der Waals surface area contributed by atoms with Crippen LogP contribution in [0.1, 0.15) is 10.4 Å². The topological polar surface area (TPSA) is 30.0 Å². The van der Waals surface area contributed by atoms with Gasteiger partial charge < -0.3 is 0 Å². The summed E-state index contributed by atoms with van der Waals surface area (Å²) in [6.45, 7) is 0. The van der Waals surface area contributed by atoms with Gasteiger partial charge in [0.2, 0.25) is 0 Å². The van der Waals surface area contributed by atoms with Gasteiger partial charge in [0.25, 0.3) is 0 Å². The molecule has 2 nitrogen and oxygen atoms in total. The lowest BCUT2D eigenvalue weighted by Crippen LogP contribution is -1.82. The van der Waals surface area contributed by atoms with Crippen LogP contribution in [0.15, 0.2) is 30.5 Å². The number of benzene rings is 1. The number of carbonyl (C=O) groups excluding carboxylic acids is 1. The van der Waals surface area contributed by atoms with Crippen molar-refractivity contribution in [2.24, 2.45) is 0 Å². The molecule has 0 fully saturated rings. The van der Waals surface area contributed by atoms with Crippen molar-refractivity contribution in [3.8, 4) is 0 Å². The number of fused-ring (bicyclic) bond motifs is 1.